The van der Waals surface area contributed by atoms with Crippen LogP contribution in [0.4, 0.5) is 0 Å². The zero-order valence-corrected chi connectivity index (χ0v) is 19.3. The SMILES string of the molecule is CCC(N)[C@]1(c2ccccc2)CC[C@H](Oc2cc3c(Br)c[nH]c(=O)c3cc2Cl)CC1. The first-order chi connectivity index (χ1) is 14.4. The van der Waals surface area contributed by atoms with Crippen LogP contribution in [0.5, 0.6) is 5.75 Å². The van der Waals surface area contributed by atoms with E-state index in [1.54, 1.807) is 12.3 Å². The predicted molar refractivity (Wildman–Crippen MR) is 127 cm³/mol. The molecule has 1 saturated carbocycles. The summed E-state index contributed by atoms with van der Waals surface area (Å²) in [5, 5.41) is 1.79. The van der Waals surface area contributed by atoms with Gasteiger partial charge in [-0.15, -0.1) is 0 Å². The standard InChI is InChI=1S/C24H26BrClN2O2/c1-2-22(27)24(15-6-4-3-5-7-15)10-8-16(9-11-24)30-21-13-17-18(12-20(21)26)23(29)28-14-19(17)25/h3-7,12-14,16,22H,2,8-11,27H2,1H3,(H,28,29)/t16-,22?,24+. The highest BCUT2D eigenvalue weighted by Gasteiger charge is 2.41. The molecule has 0 spiro atoms. The van der Waals surface area contributed by atoms with Gasteiger partial charge in [0.05, 0.1) is 11.1 Å². The van der Waals surface area contributed by atoms with Gasteiger partial charge >= 0.3 is 0 Å². The van der Waals surface area contributed by atoms with Crippen molar-refractivity contribution in [1.82, 2.24) is 4.98 Å². The van der Waals surface area contributed by atoms with E-state index in [2.05, 4.69) is 52.1 Å². The number of fused-ring (bicyclic) bond motifs is 1. The van der Waals surface area contributed by atoms with Gasteiger partial charge < -0.3 is 15.5 Å². The largest absolute Gasteiger partial charge is 0.489 e. The van der Waals surface area contributed by atoms with Crippen LogP contribution in [0.25, 0.3) is 10.8 Å². The van der Waals surface area contributed by atoms with E-state index in [0.29, 0.717) is 16.2 Å². The Morgan fingerprint density at radius 3 is 2.60 bits per heavy atom. The first-order valence-corrected chi connectivity index (χ1v) is 11.6. The quantitative estimate of drug-likeness (QED) is 0.466. The minimum absolute atomic E-state index is 0.0145. The van der Waals surface area contributed by atoms with E-state index in [-0.39, 0.29) is 23.1 Å². The van der Waals surface area contributed by atoms with Crippen LogP contribution in [0.15, 0.2) is 57.9 Å². The third-order valence-electron chi connectivity index (χ3n) is 6.52. The Hall–Kier alpha value is -1.82. The molecule has 1 aliphatic carbocycles. The summed E-state index contributed by atoms with van der Waals surface area (Å²) in [6.45, 7) is 2.16. The first-order valence-electron chi connectivity index (χ1n) is 10.4. The Morgan fingerprint density at radius 2 is 1.93 bits per heavy atom. The lowest BCUT2D eigenvalue weighted by atomic mass is 9.64. The third kappa shape index (κ3) is 3.91. The van der Waals surface area contributed by atoms with E-state index in [1.807, 2.05) is 12.1 Å². The van der Waals surface area contributed by atoms with Crippen LogP contribution in [0.2, 0.25) is 5.02 Å². The number of aromatic amines is 1. The number of rotatable bonds is 5. The van der Waals surface area contributed by atoms with Gasteiger partial charge in [-0.2, -0.15) is 0 Å². The van der Waals surface area contributed by atoms with Gasteiger partial charge in [0, 0.05) is 32.9 Å². The molecule has 2 aromatic carbocycles. The summed E-state index contributed by atoms with van der Waals surface area (Å²) >= 11 is 9.96. The molecule has 1 unspecified atom stereocenters. The van der Waals surface area contributed by atoms with Gasteiger partial charge in [0.2, 0.25) is 0 Å². The van der Waals surface area contributed by atoms with Crippen LogP contribution in [0.3, 0.4) is 0 Å². The van der Waals surface area contributed by atoms with E-state index in [1.165, 1.54) is 5.56 Å². The molecule has 0 amide bonds. The summed E-state index contributed by atoms with van der Waals surface area (Å²) in [5.41, 5.74) is 7.77. The van der Waals surface area contributed by atoms with Crippen molar-refractivity contribution in [3.05, 3.63) is 74.1 Å². The summed E-state index contributed by atoms with van der Waals surface area (Å²) in [5.74, 6) is 0.618. The van der Waals surface area contributed by atoms with E-state index in [4.69, 9.17) is 22.1 Å². The first kappa shape index (κ1) is 21.4. The van der Waals surface area contributed by atoms with E-state index >= 15 is 0 Å². The molecule has 1 fully saturated rings. The topological polar surface area (TPSA) is 68.1 Å². The van der Waals surface area contributed by atoms with Crippen LogP contribution >= 0.6 is 27.5 Å². The van der Waals surface area contributed by atoms with Gasteiger partial charge in [0.1, 0.15) is 5.75 Å². The van der Waals surface area contributed by atoms with Crippen LogP contribution < -0.4 is 16.0 Å². The van der Waals surface area contributed by atoms with Gasteiger partial charge in [0.15, 0.2) is 0 Å². The van der Waals surface area contributed by atoms with Gasteiger partial charge in [0.25, 0.3) is 5.56 Å². The molecule has 1 atom stereocenters. The van der Waals surface area contributed by atoms with Crippen molar-refractivity contribution in [3.8, 4) is 5.75 Å². The molecule has 4 rings (SSSR count). The molecule has 6 heteroatoms. The maximum Gasteiger partial charge on any atom is 0.255 e. The number of hydrogen-bond acceptors (Lipinski definition) is 3. The summed E-state index contributed by atoms with van der Waals surface area (Å²) < 4.78 is 7.13. The fraction of sp³-hybridized carbons (Fsp3) is 0.375. The zero-order chi connectivity index (χ0) is 21.3. The Balaban J connectivity index is 1.57. The lowest BCUT2D eigenvalue weighted by Gasteiger charge is -2.44. The van der Waals surface area contributed by atoms with Crippen LogP contribution in [-0.2, 0) is 5.41 Å². The molecule has 3 aromatic rings. The van der Waals surface area contributed by atoms with Gasteiger partial charge in [-0.1, -0.05) is 48.9 Å². The van der Waals surface area contributed by atoms with Crippen LogP contribution in [0.1, 0.15) is 44.6 Å². The highest BCUT2D eigenvalue weighted by Crippen LogP contribution is 2.44. The second-order valence-electron chi connectivity index (χ2n) is 8.15. The molecule has 0 bridgehead atoms. The van der Waals surface area contributed by atoms with Crippen molar-refractivity contribution in [2.75, 3.05) is 0 Å². The van der Waals surface area contributed by atoms with E-state index < -0.39 is 0 Å². The maximum atomic E-state index is 12.1. The molecule has 1 heterocycles. The van der Waals surface area contributed by atoms with Gasteiger partial charge in [-0.05, 0) is 65.7 Å². The number of halogens is 2. The fourth-order valence-electron chi connectivity index (χ4n) is 4.75. The number of H-pyrrole nitrogens is 1. The number of hydrogen-bond donors (Lipinski definition) is 2. The average molecular weight is 490 g/mol. The Labute approximate surface area is 189 Å². The summed E-state index contributed by atoms with van der Waals surface area (Å²) in [4.78, 5) is 14.8. The highest BCUT2D eigenvalue weighted by molar-refractivity contribution is 9.10. The minimum atomic E-state index is -0.166. The zero-order valence-electron chi connectivity index (χ0n) is 17.0. The van der Waals surface area contributed by atoms with Gasteiger partial charge in [-0.3, -0.25) is 4.79 Å². The molecule has 158 valence electrons. The molecule has 30 heavy (non-hydrogen) atoms. The summed E-state index contributed by atoms with van der Waals surface area (Å²) in [7, 11) is 0. The number of ether oxygens (including phenoxy) is 1. The van der Waals surface area contributed by atoms with Crippen LogP contribution in [0, 0.1) is 0 Å². The smallest absolute Gasteiger partial charge is 0.255 e. The second kappa shape index (κ2) is 8.74. The normalized spacial score (nSPS) is 22.7. The van der Waals surface area contributed by atoms with Crippen molar-refractivity contribution >= 4 is 38.3 Å². The molecule has 0 saturated heterocycles. The lowest BCUT2D eigenvalue weighted by molar-refractivity contribution is 0.104. The summed E-state index contributed by atoms with van der Waals surface area (Å²) in [6, 6.07) is 14.3. The monoisotopic (exact) mass is 488 g/mol. The molecule has 1 aromatic heterocycles. The number of nitrogens with two attached hydrogens (primary N) is 1. The fourth-order valence-corrected chi connectivity index (χ4v) is 5.40. The lowest BCUT2D eigenvalue weighted by Crippen LogP contribution is -2.48. The number of pyridine rings is 1. The molecule has 3 N–H and O–H groups in total. The van der Waals surface area contributed by atoms with Crippen LogP contribution in [-0.4, -0.2) is 17.1 Å². The van der Waals surface area contributed by atoms with Crippen molar-refractivity contribution in [1.29, 1.82) is 0 Å². The molecule has 4 nitrogen and oxygen atoms in total. The molecule has 1 aliphatic rings. The van der Waals surface area contributed by atoms with Crippen molar-refractivity contribution < 1.29 is 4.74 Å². The third-order valence-corrected chi connectivity index (χ3v) is 7.47. The van der Waals surface area contributed by atoms with Crippen molar-refractivity contribution in [2.24, 2.45) is 5.73 Å². The van der Waals surface area contributed by atoms with Gasteiger partial charge in [-0.25, -0.2) is 0 Å². The Kier molecular flexibility index (Phi) is 6.24. The Bertz CT molecular complexity index is 1090. The second-order valence-corrected chi connectivity index (χ2v) is 9.41. The minimum Gasteiger partial charge on any atom is -0.489 e. The van der Waals surface area contributed by atoms with E-state index in [0.717, 1.165) is 42.0 Å². The number of benzene rings is 2. The average Bonchev–Trinajstić information content (AvgIpc) is 2.78. The number of aromatic nitrogens is 1. The molecule has 0 aliphatic heterocycles. The van der Waals surface area contributed by atoms with E-state index in [9.17, 15) is 4.79 Å². The van der Waals surface area contributed by atoms with Crippen molar-refractivity contribution in [2.45, 2.75) is 56.6 Å². The molecular formula is C24H26BrClN2O2. The number of nitrogens with one attached hydrogen (secondary N) is 1. The molecule has 0 radical (unpaired) electrons. The Morgan fingerprint density at radius 1 is 1.23 bits per heavy atom. The predicted octanol–water partition coefficient (Wildman–Crippen LogP) is 5.94. The maximum absolute atomic E-state index is 12.1. The summed E-state index contributed by atoms with van der Waals surface area (Å²) in [6.07, 6.45) is 6.43. The van der Waals surface area contributed by atoms with Crippen molar-refractivity contribution in [3.63, 3.8) is 0 Å². The molecular weight excluding hydrogens is 464 g/mol. The highest BCUT2D eigenvalue weighted by atomic mass is 79.9.